The fourth-order valence-electron chi connectivity index (χ4n) is 0.859. The quantitative estimate of drug-likeness (QED) is 0.659. The summed E-state index contributed by atoms with van der Waals surface area (Å²) in [5.74, 6) is 0. The average molecular weight is 177 g/mol. The van der Waals surface area contributed by atoms with Crippen molar-refractivity contribution >= 4 is 11.6 Å². The summed E-state index contributed by atoms with van der Waals surface area (Å²) >= 11 is 5.69. The van der Waals surface area contributed by atoms with Crippen LogP contribution in [0.25, 0.3) is 0 Å². The van der Waals surface area contributed by atoms with E-state index in [1.54, 1.807) is 18.2 Å². The Labute approximate surface area is 75.6 Å². The number of halogens is 1. The third kappa shape index (κ3) is 1.75. The van der Waals surface area contributed by atoms with Gasteiger partial charge in [0.2, 0.25) is 0 Å². The van der Waals surface area contributed by atoms with Gasteiger partial charge in [0, 0.05) is 0 Å². The number of hydrogen-bond donors (Lipinski definition) is 0. The second kappa shape index (κ2) is 3.76. The minimum atomic E-state index is 0.311. The Balaban J connectivity index is 3.09. The van der Waals surface area contributed by atoms with Crippen molar-refractivity contribution in [1.29, 1.82) is 10.5 Å². The van der Waals surface area contributed by atoms with Crippen LogP contribution in [-0.2, 0) is 6.42 Å². The minimum Gasteiger partial charge on any atom is -0.198 e. The van der Waals surface area contributed by atoms with Crippen LogP contribution in [0.2, 0.25) is 5.02 Å². The molecule has 0 aromatic heterocycles. The van der Waals surface area contributed by atoms with E-state index in [2.05, 4.69) is 0 Å². The lowest BCUT2D eigenvalue weighted by atomic mass is 10.1. The SMILES string of the molecule is N#CCc1ccc(Cl)c(C#N)c1. The topological polar surface area (TPSA) is 47.6 Å². The fourth-order valence-corrected chi connectivity index (χ4v) is 1.02. The van der Waals surface area contributed by atoms with Gasteiger partial charge in [0.25, 0.3) is 0 Å². The van der Waals surface area contributed by atoms with E-state index in [9.17, 15) is 0 Å². The monoisotopic (exact) mass is 176 g/mol. The molecule has 0 bridgehead atoms. The van der Waals surface area contributed by atoms with E-state index in [0.29, 0.717) is 17.0 Å². The zero-order valence-electron chi connectivity index (χ0n) is 6.21. The van der Waals surface area contributed by atoms with Gasteiger partial charge >= 0.3 is 0 Å². The summed E-state index contributed by atoms with van der Waals surface area (Å²) in [6.07, 6.45) is 0.311. The zero-order chi connectivity index (χ0) is 8.97. The molecule has 12 heavy (non-hydrogen) atoms. The molecule has 0 amide bonds. The van der Waals surface area contributed by atoms with Crippen molar-refractivity contribution in [2.45, 2.75) is 6.42 Å². The third-order valence-corrected chi connectivity index (χ3v) is 1.76. The van der Waals surface area contributed by atoms with Crippen molar-refractivity contribution in [2.24, 2.45) is 0 Å². The molecule has 0 N–H and O–H groups in total. The Bertz CT molecular complexity index is 371. The summed E-state index contributed by atoms with van der Waals surface area (Å²) in [6.45, 7) is 0. The Morgan fingerprint density at radius 3 is 2.67 bits per heavy atom. The van der Waals surface area contributed by atoms with Crippen LogP contribution >= 0.6 is 11.6 Å². The first-order valence-electron chi connectivity index (χ1n) is 3.33. The molecule has 0 saturated carbocycles. The normalized spacial score (nSPS) is 8.58. The predicted octanol–water partition coefficient (Wildman–Crippen LogP) is 2.28. The highest BCUT2D eigenvalue weighted by Crippen LogP contribution is 2.16. The van der Waals surface area contributed by atoms with Gasteiger partial charge in [-0.3, -0.25) is 0 Å². The zero-order valence-corrected chi connectivity index (χ0v) is 6.97. The van der Waals surface area contributed by atoms with Crippen molar-refractivity contribution in [3.05, 3.63) is 34.3 Å². The van der Waals surface area contributed by atoms with Crippen molar-refractivity contribution in [3.63, 3.8) is 0 Å². The molecule has 0 aliphatic carbocycles. The van der Waals surface area contributed by atoms with E-state index >= 15 is 0 Å². The molecule has 0 atom stereocenters. The molecule has 2 nitrogen and oxygen atoms in total. The lowest BCUT2D eigenvalue weighted by Crippen LogP contribution is -1.84. The van der Waals surface area contributed by atoms with Crippen LogP contribution in [0.5, 0.6) is 0 Å². The molecule has 0 heterocycles. The Morgan fingerprint density at radius 2 is 2.08 bits per heavy atom. The van der Waals surface area contributed by atoms with Crippen LogP contribution in [0.15, 0.2) is 18.2 Å². The second-order valence-electron chi connectivity index (χ2n) is 2.26. The van der Waals surface area contributed by atoms with Gasteiger partial charge in [0.05, 0.1) is 23.1 Å². The first-order chi connectivity index (χ1) is 5.77. The van der Waals surface area contributed by atoms with Crippen LogP contribution in [0, 0.1) is 22.7 Å². The molecule has 0 aliphatic heterocycles. The average Bonchev–Trinajstić information content (AvgIpc) is 2.09. The standard InChI is InChI=1S/C9H5ClN2/c10-9-2-1-7(3-4-11)5-8(9)6-12/h1-2,5H,3H2. The van der Waals surface area contributed by atoms with Crippen LogP contribution in [-0.4, -0.2) is 0 Å². The van der Waals surface area contributed by atoms with Gasteiger partial charge < -0.3 is 0 Å². The maximum atomic E-state index is 8.59. The van der Waals surface area contributed by atoms with E-state index < -0.39 is 0 Å². The summed E-state index contributed by atoms with van der Waals surface area (Å²) < 4.78 is 0. The number of benzene rings is 1. The molecule has 1 aromatic carbocycles. The molecule has 1 aromatic rings. The first kappa shape index (κ1) is 8.59. The molecule has 3 heteroatoms. The van der Waals surface area contributed by atoms with Crippen molar-refractivity contribution in [3.8, 4) is 12.1 Å². The number of rotatable bonds is 1. The van der Waals surface area contributed by atoms with Gasteiger partial charge in [0.1, 0.15) is 6.07 Å². The molecule has 58 valence electrons. The van der Waals surface area contributed by atoms with Crippen LogP contribution < -0.4 is 0 Å². The van der Waals surface area contributed by atoms with E-state index in [0.717, 1.165) is 5.56 Å². The molecule has 1 rings (SSSR count). The van der Waals surface area contributed by atoms with Gasteiger partial charge in [0.15, 0.2) is 0 Å². The number of nitrogens with zero attached hydrogens (tertiary/aromatic N) is 2. The molecular weight excluding hydrogens is 172 g/mol. The molecular formula is C9H5ClN2. The minimum absolute atomic E-state index is 0.311. The maximum Gasteiger partial charge on any atom is 0.101 e. The Hall–Kier alpha value is -1.51. The molecule has 0 radical (unpaired) electrons. The molecule has 0 fully saturated rings. The van der Waals surface area contributed by atoms with E-state index in [1.807, 2.05) is 12.1 Å². The number of hydrogen-bond acceptors (Lipinski definition) is 2. The highest BCUT2D eigenvalue weighted by Gasteiger charge is 1.99. The lowest BCUT2D eigenvalue weighted by Gasteiger charge is -1.96. The molecule has 0 unspecified atom stereocenters. The summed E-state index contributed by atoms with van der Waals surface area (Å²) in [6, 6.07) is 8.96. The molecule has 0 saturated heterocycles. The first-order valence-corrected chi connectivity index (χ1v) is 3.71. The summed E-state index contributed by atoms with van der Waals surface area (Å²) in [5.41, 5.74) is 1.24. The third-order valence-electron chi connectivity index (χ3n) is 1.43. The predicted molar refractivity (Wildman–Crippen MR) is 45.5 cm³/mol. The van der Waals surface area contributed by atoms with Crippen molar-refractivity contribution < 1.29 is 0 Å². The van der Waals surface area contributed by atoms with Gasteiger partial charge in [-0.1, -0.05) is 17.7 Å². The molecule has 0 spiro atoms. The Morgan fingerprint density at radius 1 is 1.33 bits per heavy atom. The van der Waals surface area contributed by atoms with E-state index in [-0.39, 0.29) is 0 Å². The van der Waals surface area contributed by atoms with Gasteiger partial charge in [-0.05, 0) is 17.7 Å². The van der Waals surface area contributed by atoms with Crippen LogP contribution in [0.1, 0.15) is 11.1 Å². The smallest absolute Gasteiger partial charge is 0.101 e. The van der Waals surface area contributed by atoms with Gasteiger partial charge in [-0.25, -0.2) is 0 Å². The second-order valence-corrected chi connectivity index (χ2v) is 2.67. The number of nitriles is 2. The lowest BCUT2D eigenvalue weighted by molar-refractivity contribution is 1.26. The van der Waals surface area contributed by atoms with E-state index in [1.165, 1.54) is 0 Å². The maximum absolute atomic E-state index is 8.59. The largest absolute Gasteiger partial charge is 0.198 e. The van der Waals surface area contributed by atoms with Crippen molar-refractivity contribution in [2.75, 3.05) is 0 Å². The van der Waals surface area contributed by atoms with Gasteiger partial charge in [-0.2, -0.15) is 10.5 Å². The fraction of sp³-hybridized carbons (Fsp3) is 0.111. The van der Waals surface area contributed by atoms with Crippen LogP contribution in [0.4, 0.5) is 0 Å². The Kier molecular flexibility index (Phi) is 2.69. The van der Waals surface area contributed by atoms with E-state index in [4.69, 9.17) is 22.1 Å². The summed E-state index contributed by atoms with van der Waals surface area (Å²) in [4.78, 5) is 0. The summed E-state index contributed by atoms with van der Waals surface area (Å²) in [7, 11) is 0. The van der Waals surface area contributed by atoms with Gasteiger partial charge in [-0.15, -0.1) is 0 Å². The highest BCUT2D eigenvalue weighted by atomic mass is 35.5. The van der Waals surface area contributed by atoms with Crippen LogP contribution in [0.3, 0.4) is 0 Å². The highest BCUT2D eigenvalue weighted by molar-refractivity contribution is 6.31. The summed E-state index contributed by atoms with van der Waals surface area (Å²) in [5, 5.41) is 17.4. The van der Waals surface area contributed by atoms with Crippen molar-refractivity contribution in [1.82, 2.24) is 0 Å². The molecule has 0 aliphatic rings.